The fourth-order valence-electron chi connectivity index (χ4n) is 2.48. The van der Waals surface area contributed by atoms with Crippen molar-refractivity contribution in [2.75, 3.05) is 12.3 Å². The van der Waals surface area contributed by atoms with Gasteiger partial charge in [-0.15, -0.1) is 0 Å². The molecule has 1 aromatic heterocycles. The number of fused-ring (bicyclic) bond motifs is 1. The smallest absolute Gasteiger partial charge is 0.340 e. The normalized spacial score (nSPS) is 11.9. The van der Waals surface area contributed by atoms with Crippen LogP contribution < -0.4 is 11.1 Å². The Balaban J connectivity index is 1.58. The van der Waals surface area contributed by atoms with E-state index in [0.29, 0.717) is 10.8 Å². The van der Waals surface area contributed by atoms with E-state index in [1.807, 2.05) is 30.3 Å². The Morgan fingerprint density at radius 2 is 2.00 bits per heavy atom. The van der Waals surface area contributed by atoms with Crippen LogP contribution in [0.2, 0.25) is 5.02 Å². The van der Waals surface area contributed by atoms with Gasteiger partial charge in [0.2, 0.25) is 0 Å². The van der Waals surface area contributed by atoms with Gasteiger partial charge in [0.15, 0.2) is 6.61 Å². The highest BCUT2D eigenvalue weighted by Gasteiger charge is 2.17. The summed E-state index contributed by atoms with van der Waals surface area (Å²) in [5.74, 6) is -0.548. The molecule has 1 amide bonds. The molecule has 134 valence electrons. The van der Waals surface area contributed by atoms with E-state index >= 15 is 0 Å². The second kappa shape index (κ2) is 7.49. The van der Waals surface area contributed by atoms with Crippen LogP contribution in [0.3, 0.4) is 0 Å². The van der Waals surface area contributed by atoms with E-state index in [2.05, 4.69) is 5.32 Å². The predicted molar refractivity (Wildman–Crippen MR) is 98.9 cm³/mol. The number of nitrogen functional groups attached to an aromatic ring is 1. The van der Waals surface area contributed by atoms with Crippen LogP contribution in [0.5, 0.6) is 0 Å². The maximum atomic E-state index is 12.0. The van der Waals surface area contributed by atoms with Gasteiger partial charge in [-0.3, -0.25) is 4.79 Å². The minimum Gasteiger partial charge on any atom is -0.459 e. The third kappa shape index (κ3) is 3.97. The van der Waals surface area contributed by atoms with Crippen molar-refractivity contribution in [1.29, 1.82) is 0 Å². The van der Waals surface area contributed by atoms with Crippen LogP contribution in [0.1, 0.15) is 29.1 Å². The lowest BCUT2D eigenvalue weighted by atomic mass is 10.2. The number of halogens is 1. The van der Waals surface area contributed by atoms with Crippen molar-refractivity contribution in [2.24, 2.45) is 0 Å². The summed E-state index contributed by atoms with van der Waals surface area (Å²) >= 11 is 5.84. The highest BCUT2D eigenvalue weighted by Crippen LogP contribution is 2.23. The topological polar surface area (TPSA) is 94.6 Å². The molecule has 0 aliphatic heterocycles. The molecule has 0 radical (unpaired) electrons. The third-order valence-electron chi connectivity index (χ3n) is 3.82. The van der Waals surface area contributed by atoms with Crippen LogP contribution >= 0.6 is 11.6 Å². The van der Waals surface area contributed by atoms with E-state index in [1.54, 1.807) is 13.0 Å². The summed E-state index contributed by atoms with van der Waals surface area (Å²) in [7, 11) is 0. The number of esters is 1. The molecule has 0 unspecified atom stereocenters. The summed E-state index contributed by atoms with van der Waals surface area (Å²) in [6.07, 6.45) is 0. The van der Waals surface area contributed by atoms with Gasteiger partial charge in [-0.2, -0.15) is 0 Å². The summed E-state index contributed by atoms with van der Waals surface area (Å²) in [5, 5.41) is 4.03. The number of benzene rings is 2. The van der Waals surface area contributed by atoms with E-state index in [1.165, 1.54) is 12.1 Å². The van der Waals surface area contributed by atoms with Gasteiger partial charge in [0.25, 0.3) is 5.91 Å². The van der Waals surface area contributed by atoms with E-state index in [4.69, 9.17) is 26.5 Å². The van der Waals surface area contributed by atoms with E-state index in [9.17, 15) is 9.59 Å². The Kier molecular flexibility index (Phi) is 5.14. The first-order valence-corrected chi connectivity index (χ1v) is 8.32. The average Bonchev–Trinajstić information content (AvgIpc) is 3.06. The highest BCUT2D eigenvalue weighted by molar-refractivity contribution is 6.31. The molecule has 0 aliphatic carbocycles. The van der Waals surface area contributed by atoms with Gasteiger partial charge in [0.05, 0.1) is 11.6 Å². The molecule has 3 rings (SSSR count). The van der Waals surface area contributed by atoms with Crippen LogP contribution in [0.15, 0.2) is 52.9 Å². The number of nitrogens with one attached hydrogen (secondary N) is 1. The molecule has 0 bridgehead atoms. The molecule has 6 nitrogen and oxygen atoms in total. The van der Waals surface area contributed by atoms with E-state index < -0.39 is 18.5 Å². The zero-order chi connectivity index (χ0) is 18.7. The number of para-hydroxylation sites is 1. The maximum Gasteiger partial charge on any atom is 0.340 e. The molecule has 0 saturated heterocycles. The molecule has 0 fully saturated rings. The predicted octanol–water partition coefficient (Wildman–Crippen LogP) is 3.70. The molecule has 0 saturated carbocycles. The van der Waals surface area contributed by atoms with Crippen LogP contribution in [0, 0.1) is 0 Å². The monoisotopic (exact) mass is 372 g/mol. The van der Waals surface area contributed by atoms with Crippen LogP contribution in [0.4, 0.5) is 5.69 Å². The standard InChI is InChI=1S/C19H17ClN2O4/c1-11(17-8-12-4-2-3-5-16(12)26-17)22-18(23)10-25-19(24)14-9-13(20)6-7-15(14)21/h2-9,11H,10,21H2,1H3,(H,22,23)/t11-/m1/s1. The molecule has 26 heavy (non-hydrogen) atoms. The van der Waals surface area contributed by atoms with Crippen LogP contribution in [-0.2, 0) is 9.53 Å². The first kappa shape index (κ1) is 17.8. The Bertz CT molecular complexity index is 934. The molecule has 0 aliphatic rings. The van der Waals surface area contributed by atoms with Gasteiger partial charge in [-0.05, 0) is 37.3 Å². The van der Waals surface area contributed by atoms with Gasteiger partial charge in [0, 0.05) is 16.1 Å². The van der Waals surface area contributed by atoms with Gasteiger partial charge in [-0.1, -0.05) is 29.8 Å². The van der Waals surface area contributed by atoms with Crippen LogP contribution in [0.25, 0.3) is 11.0 Å². The highest BCUT2D eigenvalue weighted by atomic mass is 35.5. The number of carbonyl (C=O) groups is 2. The third-order valence-corrected chi connectivity index (χ3v) is 4.05. The molecule has 3 aromatic rings. The van der Waals surface area contributed by atoms with Gasteiger partial charge in [0.1, 0.15) is 11.3 Å². The molecule has 7 heteroatoms. The number of amides is 1. The number of ether oxygens (including phenoxy) is 1. The lowest BCUT2D eigenvalue weighted by molar-refractivity contribution is -0.125. The van der Waals surface area contributed by atoms with Crippen molar-refractivity contribution >= 4 is 40.1 Å². The second-order valence-electron chi connectivity index (χ2n) is 5.78. The molecule has 1 heterocycles. The number of nitrogens with two attached hydrogens (primary N) is 1. The van der Waals surface area contributed by atoms with Crippen molar-refractivity contribution in [3.05, 3.63) is 64.9 Å². The largest absolute Gasteiger partial charge is 0.459 e. The SMILES string of the molecule is C[C@@H](NC(=O)COC(=O)c1cc(Cl)ccc1N)c1cc2ccccc2o1. The Morgan fingerprint density at radius 3 is 2.77 bits per heavy atom. The first-order chi connectivity index (χ1) is 12.4. The van der Waals surface area contributed by atoms with E-state index in [0.717, 1.165) is 11.0 Å². The minimum absolute atomic E-state index is 0.121. The van der Waals surface area contributed by atoms with E-state index in [-0.39, 0.29) is 17.3 Å². The fourth-order valence-corrected chi connectivity index (χ4v) is 2.66. The Labute approximate surface area is 154 Å². The summed E-state index contributed by atoms with van der Waals surface area (Å²) in [6, 6.07) is 13.5. The van der Waals surface area contributed by atoms with Crippen molar-refractivity contribution in [1.82, 2.24) is 5.32 Å². The van der Waals surface area contributed by atoms with Gasteiger partial charge < -0.3 is 20.2 Å². The number of furan rings is 1. The zero-order valence-corrected chi connectivity index (χ0v) is 14.7. The molecular formula is C19H17ClN2O4. The lowest BCUT2D eigenvalue weighted by Crippen LogP contribution is -2.31. The quantitative estimate of drug-likeness (QED) is 0.526. The number of hydrogen-bond donors (Lipinski definition) is 2. The Hall–Kier alpha value is -2.99. The van der Waals surface area contributed by atoms with Gasteiger partial charge in [-0.25, -0.2) is 4.79 Å². The van der Waals surface area contributed by atoms with Gasteiger partial charge >= 0.3 is 5.97 Å². The minimum atomic E-state index is -0.712. The van der Waals surface area contributed by atoms with Crippen LogP contribution in [-0.4, -0.2) is 18.5 Å². The number of rotatable bonds is 5. The number of anilines is 1. The molecular weight excluding hydrogens is 356 g/mol. The summed E-state index contributed by atoms with van der Waals surface area (Å²) in [5.41, 5.74) is 6.81. The zero-order valence-electron chi connectivity index (χ0n) is 14.0. The molecule has 1 atom stereocenters. The fraction of sp³-hybridized carbons (Fsp3) is 0.158. The lowest BCUT2D eigenvalue weighted by Gasteiger charge is -2.12. The molecule has 2 aromatic carbocycles. The molecule has 0 spiro atoms. The Morgan fingerprint density at radius 1 is 1.23 bits per heavy atom. The summed E-state index contributed by atoms with van der Waals surface area (Å²) in [6.45, 7) is 1.35. The van der Waals surface area contributed by atoms with Crippen molar-refractivity contribution < 1.29 is 18.7 Å². The summed E-state index contributed by atoms with van der Waals surface area (Å²) in [4.78, 5) is 24.1. The number of hydrogen-bond acceptors (Lipinski definition) is 5. The average molecular weight is 373 g/mol. The second-order valence-corrected chi connectivity index (χ2v) is 6.22. The first-order valence-electron chi connectivity index (χ1n) is 7.94. The summed E-state index contributed by atoms with van der Waals surface area (Å²) < 4.78 is 10.7. The van der Waals surface area contributed by atoms with Crippen molar-refractivity contribution in [3.63, 3.8) is 0 Å². The van der Waals surface area contributed by atoms with Crippen molar-refractivity contribution in [2.45, 2.75) is 13.0 Å². The maximum absolute atomic E-state index is 12.0. The number of carbonyl (C=O) groups excluding carboxylic acids is 2. The van der Waals surface area contributed by atoms with Crippen molar-refractivity contribution in [3.8, 4) is 0 Å². The molecule has 3 N–H and O–H groups in total.